The first-order chi connectivity index (χ1) is 11.8. The Balaban J connectivity index is 1.73. The third-order valence-electron chi connectivity index (χ3n) is 4.48. The maximum Gasteiger partial charge on any atom is 0.243 e. The molecule has 0 fully saturated rings. The summed E-state index contributed by atoms with van der Waals surface area (Å²) < 4.78 is 39.1. The van der Waals surface area contributed by atoms with E-state index in [1.165, 1.54) is 24.1 Å². The molecular formula is C17H19FN2O3S2. The fourth-order valence-corrected chi connectivity index (χ4v) is 5.09. The van der Waals surface area contributed by atoms with E-state index in [1.54, 1.807) is 16.2 Å². The zero-order valence-electron chi connectivity index (χ0n) is 14.0. The summed E-state index contributed by atoms with van der Waals surface area (Å²) in [6.45, 7) is 2.29. The molecule has 1 aromatic carbocycles. The molecule has 8 heteroatoms. The molecule has 5 nitrogen and oxygen atoms in total. The van der Waals surface area contributed by atoms with Gasteiger partial charge in [0, 0.05) is 18.5 Å². The van der Waals surface area contributed by atoms with Crippen molar-refractivity contribution in [2.75, 3.05) is 20.1 Å². The highest BCUT2D eigenvalue weighted by atomic mass is 32.2. The van der Waals surface area contributed by atoms with Crippen molar-refractivity contribution >= 4 is 27.3 Å². The van der Waals surface area contributed by atoms with Gasteiger partial charge in [0.15, 0.2) is 0 Å². The highest BCUT2D eigenvalue weighted by Gasteiger charge is 2.31. The lowest BCUT2D eigenvalue weighted by atomic mass is 10.0. The van der Waals surface area contributed by atoms with Gasteiger partial charge >= 0.3 is 0 Å². The normalized spacial score (nSPS) is 17.6. The van der Waals surface area contributed by atoms with Crippen LogP contribution < -0.4 is 0 Å². The lowest BCUT2D eigenvalue weighted by Crippen LogP contribution is -2.44. The number of likely N-dealkylation sites (N-methyl/N-ethyl adjacent to an activating group) is 1. The van der Waals surface area contributed by atoms with Crippen molar-refractivity contribution < 1.29 is 17.6 Å². The monoisotopic (exact) mass is 382 g/mol. The van der Waals surface area contributed by atoms with Gasteiger partial charge in [-0.1, -0.05) is 0 Å². The van der Waals surface area contributed by atoms with E-state index in [4.69, 9.17) is 0 Å². The third-order valence-corrected chi connectivity index (χ3v) is 7.29. The number of hydrogen-bond acceptors (Lipinski definition) is 4. The molecule has 0 aliphatic carbocycles. The first-order valence-electron chi connectivity index (χ1n) is 7.88. The van der Waals surface area contributed by atoms with Gasteiger partial charge in [-0.15, -0.1) is 11.3 Å². The van der Waals surface area contributed by atoms with Crippen molar-refractivity contribution in [1.82, 2.24) is 9.21 Å². The Morgan fingerprint density at radius 1 is 1.32 bits per heavy atom. The van der Waals surface area contributed by atoms with Crippen molar-refractivity contribution in [3.8, 4) is 0 Å². The van der Waals surface area contributed by atoms with Crippen molar-refractivity contribution in [2.24, 2.45) is 0 Å². The molecule has 25 heavy (non-hydrogen) atoms. The summed E-state index contributed by atoms with van der Waals surface area (Å²) in [5, 5.41) is 2.01. The fourth-order valence-electron chi connectivity index (χ4n) is 3.00. The van der Waals surface area contributed by atoms with E-state index in [1.807, 2.05) is 18.4 Å². The Morgan fingerprint density at radius 3 is 2.68 bits per heavy atom. The molecule has 0 radical (unpaired) electrons. The van der Waals surface area contributed by atoms with Crippen molar-refractivity contribution in [1.29, 1.82) is 0 Å². The van der Waals surface area contributed by atoms with Crippen LogP contribution in [0, 0.1) is 5.82 Å². The molecule has 0 bridgehead atoms. The van der Waals surface area contributed by atoms with E-state index in [2.05, 4.69) is 0 Å². The number of benzene rings is 1. The Kier molecular flexibility index (Phi) is 4.95. The van der Waals surface area contributed by atoms with Gasteiger partial charge in [0.2, 0.25) is 15.9 Å². The lowest BCUT2D eigenvalue weighted by Gasteiger charge is -2.34. The van der Waals surface area contributed by atoms with Crippen LogP contribution in [0.4, 0.5) is 4.39 Å². The molecule has 1 atom stereocenters. The number of amides is 1. The van der Waals surface area contributed by atoms with Gasteiger partial charge in [-0.2, -0.15) is 4.31 Å². The van der Waals surface area contributed by atoms with Gasteiger partial charge in [-0.05, 0) is 54.6 Å². The fraction of sp³-hybridized carbons (Fsp3) is 0.353. The standard InChI is InChI=1S/C17H19FN2O3S2/c1-12-15-8-10-24-16(15)7-9-20(12)17(21)11-19(2)25(22,23)14-5-3-13(18)4-6-14/h3-6,8,10,12H,7,9,11H2,1-2H3. The van der Waals surface area contributed by atoms with Gasteiger partial charge < -0.3 is 4.90 Å². The molecule has 1 aromatic heterocycles. The van der Waals surface area contributed by atoms with Gasteiger partial charge in [-0.3, -0.25) is 4.79 Å². The predicted molar refractivity (Wildman–Crippen MR) is 94.4 cm³/mol. The smallest absolute Gasteiger partial charge is 0.243 e. The highest BCUT2D eigenvalue weighted by molar-refractivity contribution is 7.89. The number of carbonyl (C=O) groups excluding carboxylic acids is 1. The SMILES string of the molecule is CC1c2ccsc2CCN1C(=O)CN(C)S(=O)(=O)c1ccc(F)cc1. The number of fused-ring (bicyclic) bond motifs is 1. The van der Waals surface area contributed by atoms with Crippen molar-refractivity contribution in [2.45, 2.75) is 24.3 Å². The average Bonchev–Trinajstić information content (AvgIpc) is 3.05. The molecule has 134 valence electrons. The second kappa shape index (κ2) is 6.86. The number of sulfonamides is 1. The molecule has 2 heterocycles. The zero-order valence-corrected chi connectivity index (χ0v) is 15.6. The van der Waals surface area contributed by atoms with Gasteiger partial charge in [0.1, 0.15) is 5.82 Å². The van der Waals surface area contributed by atoms with E-state index in [9.17, 15) is 17.6 Å². The van der Waals surface area contributed by atoms with E-state index in [-0.39, 0.29) is 23.4 Å². The highest BCUT2D eigenvalue weighted by Crippen LogP contribution is 2.32. The van der Waals surface area contributed by atoms with Crippen LogP contribution in [-0.2, 0) is 21.2 Å². The lowest BCUT2D eigenvalue weighted by molar-refractivity contribution is -0.133. The van der Waals surface area contributed by atoms with Crippen molar-refractivity contribution in [3.05, 3.63) is 52.0 Å². The van der Waals surface area contributed by atoms with Crippen molar-refractivity contribution in [3.63, 3.8) is 0 Å². The van der Waals surface area contributed by atoms with E-state index < -0.39 is 15.8 Å². The van der Waals surface area contributed by atoms with Crippen LogP contribution in [0.25, 0.3) is 0 Å². The molecular weight excluding hydrogens is 363 g/mol. The summed E-state index contributed by atoms with van der Waals surface area (Å²) in [5.74, 6) is -0.746. The molecule has 3 rings (SSSR count). The summed E-state index contributed by atoms with van der Waals surface area (Å²) in [5.41, 5.74) is 1.13. The summed E-state index contributed by atoms with van der Waals surface area (Å²) in [6.07, 6.45) is 0.789. The Morgan fingerprint density at radius 2 is 2.00 bits per heavy atom. The third kappa shape index (κ3) is 3.47. The first kappa shape index (κ1) is 18.0. The molecule has 0 spiro atoms. The summed E-state index contributed by atoms with van der Waals surface area (Å²) in [4.78, 5) is 15.6. The summed E-state index contributed by atoms with van der Waals surface area (Å²) >= 11 is 1.68. The number of halogens is 1. The van der Waals surface area contributed by atoms with Crippen LogP contribution in [0.2, 0.25) is 0 Å². The van der Waals surface area contributed by atoms with E-state index in [0.29, 0.717) is 6.54 Å². The summed E-state index contributed by atoms with van der Waals surface area (Å²) in [7, 11) is -2.47. The van der Waals surface area contributed by atoms with E-state index in [0.717, 1.165) is 28.4 Å². The number of rotatable bonds is 4. The number of carbonyl (C=O) groups is 1. The molecule has 0 saturated carbocycles. The first-order valence-corrected chi connectivity index (χ1v) is 10.2. The number of hydrogen-bond donors (Lipinski definition) is 0. The van der Waals surface area contributed by atoms with E-state index >= 15 is 0 Å². The van der Waals surface area contributed by atoms with Crippen LogP contribution in [0.1, 0.15) is 23.4 Å². The Bertz CT molecular complexity index is 878. The maximum absolute atomic E-state index is 13.0. The zero-order chi connectivity index (χ0) is 18.2. The largest absolute Gasteiger partial charge is 0.334 e. The Hall–Kier alpha value is -1.77. The molecule has 0 N–H and O–H groups in total. The molecule has 1 aliphatic rings. The second-order valence-corrected chi connectivity index (χ2v) is 9.07. The van der Waals surface area contributed by atoms with Crippen LogP contribution in [0.3, 0.4) is 0 Å². The van der Waals surface area contributed by atoms with Crippen LogP contribution >= 0.6 is 11.3 Å². The minimum absolute atomic E-state index is 0.0315. The molecule has 1 unspecified atom stereocenters. The van der Waals surface area contributed by atoms with Gasteiger partial charge in [-0.25, -0.2) is 12.8 Å². The minimum Gasteiger partial charge on any atom is -0.334 e. The topological polar surface area (TPSA) is 57.7 Å². The summed E-state index contributed by atoms with van der Waals surface area (Å²) in [6, 6.07) is 6.54. The predicted octanol–water partition coefficient (Wildman–Crippen LogP) is 2.65. The van der Waals surface area contributed by atoms with Crippen LogP contribution in [0.15, 0.2) is 40.6 Å². The van der Waals surface area contributed by atoms with Gasteiger partial charge in [0.25, 0.3) is 0 Å². The average molecular weight is 382 g/mol. The molecule has 0 saturated heterocycles. The quantitative estimate of drug-likeness (QED) is 0.817. The molecule has 1 amide bonds. The van der Waals surface area contributed by atoms with Crippen LogP contribution in [0.5, 0.6) is 0 Å². The minimum atomic E-state index is -3.84. The van der Waals surface area contributed by atoms with Gasteiger partial charge in [0.05, 0.1) is 17.5 Å². The van der Waals surface area contributed by atoms with Crippen LogP contribution in [-0.4, -0.2) is 43.7 Å². The Labute approximate surface area is 150 Å². The maximum atomic E-state index is 13.0. The number of thiophene rings is 1. The second-order valence-electron chi connectivity index (χ2n) is 6.03. The number of nitrogens with zero attached hydrogens (tertiary/aromatic N) is 2. The molecule has 1 aliphatic heterocycles. The molecule has 2 aromatic rings.